The molecule has 3 amide bonds. The summed E-state index contributed by atoms with van der Waals surface area (Å²) in [6.45, 7) is 3.61. The van der Waals surface area contributed by atoms with Gasteiger partial charge < -0.3 is 10.1 Å². The van der Waals surface area contributed by atoms with E-state index in [1.54, 1.807) is 62.7 Å². The lowest BCUT2D eigenvalue weighted by Gasteiger charge is -2.21. The molecule has 0 fully saturated rings. The Labute approximate surface area is 155 Å². The van der Waals surface area contributed by atoms with Crippen molar-refractivity contribution in [3.05, 3.63) is 52.2 Å². The lowest BCUT2D eigenvalue weighted by atomic mass is 10.0. The number of amides is 3. The monoisotopic (exact) mass is 375 g/mol. The van der Waals surface area contributed by atoms with E-state index in [0.29, 0.717) is 16.2 Å². The van der Waals surface area contributed by atoms with Crippen molar-refractivity contribution in [2.75, 3.05) is 7.11 Å². The van der Waals surface area contributed by atoms with E-state index in [4.69, 9.17) is 4.74 Å². The van der Waals surface area contributed by atoms with Gasteiger partial charge in [-0.05, 0) is 41.6 Å². The normalized spacial score (nSPS) is 11.5. The van der Waals surface area contributed by atoms with Gasteiger partial charge in [0.2, 0.25) is 0 Å². The molecule has 0 bridgehead atoms. The SMILES string of the molecule is COc1ccc(C(=O)NC(C(=O)NNC(=O)c2cccs2)C(C)C)cc1. The van der Waals surface area contributed by atoms with E-state index in [1.165, 1.54) is 11.3 Å². The Balaban J connectivity index is 1.97. The highest BCUT2D eigenvalue weighted by Gasteiger charge is 2.25. The summed E-state index contributed by atoms with van der Waals surface area (Å²) in [6, 6.07) is 9.16. The van der Waals surface area contributed by atoms with Crippen LogP contribution >= 0.6 is 11.3 Å². The topological polar surface area (TPSA) is 96.5 Å². The van der Waals surface area contributed by atoms with Gasteiger partial charge in [-0.3, -0.25) is 25.2 Å². The Morgan fingerprint density at radius 3 is 2.23 bits per heavy atom. The second kappa shape index (κ2) is 9.00. The molecule has 1 unspecified atom stereocenters. The van der Waals surface area contributed by atoms with E-state index in [-0.39, 0.29) is 11.8 Å². The summed E-state index contributed by atoms with van der Waals surface area (Å²) in [5.74, 6) is -0.818. The van der Waals surface area contributed by atoms with Gasteiger partial charge in [0.15, 0.2) is 0 Å². The average molecular weight is 375 g/mol. The molecule has 7 nitrogen and oxygen atoms in total. The number of carbonyl (C=O) groups excluding carboxylic acids is 3. The third-order valence-electron chi connectivity index (χ3n) is 3.63. The van der Waals surface area contributed by atoms with Crippen molar-refractivity contribution in [3.63, 3.8) is 0 Å². The molecule has 0 spiro atoms. The van der Waals surface area contributed by atoms with Crippen LogP contribution in [0.1, 0.15) is 33.9 Å². The summed E-state index contributed by atoms with van der Waals surface area (Å²) in [5, 5.41) is 4.45. The van der Waals surface area contributed by atoms with Crippen molar-refractivity contribution in [3.8, 4) is 5.75 Å². The summed E-state index contributed by atoms with van der Waals surface area (Å²) in [6.07, 6.45) is 0. The van der Waals surface area contributed by atoms with Crippen LogP contribution in [0.15, 0.2) is 41.8 Å². The van der Waals surface area contributed by atoms with Crippen molar-refractivity contribution in [2.45, 2.75) is 19.9 Å². The first-order valence-electron chi connectivity index (χ1n) is 8.01. The van der Waals surface area contributed by atoms with Gasteiger partial charge in [0.1, 0.15) is 11.8 Å². The first-order valence-corrected chi connectivity index (χ1v) is 8.89. The van der Waals surface area contributed by atoms with Gasteiger partial charge in [0.05, 0.1) is 12.0 Å². The van der Waals surface area contributed by atoms with Gasteiger partial charge >= 0.3 is 0 Å². The van der Waals surface area contributed by atoms with Crippen molar-refractivity contribution >= 4 is 29.1 Å². The van der Waals surface area contributed by atoms with Gasteiger partial charge in [-0.2, -0.15) is 0 Å². The Morgan fingerprint density at radius 2 is 1.69 bits per heavy atom. The standard InChI is InChI=1S/C18H21N3O4S/c1-11(2)15(18(24)21-20-17(23)14-5-4-10-26-14)19-16(22)12-6-8-13(25-3)9-7-12/h4-11,15H,1-3H3,(H,19,22)(H,20,23)(H,21,24). The highest BCUT2D eigenvalue weighted by atomic mass is 32.1. The minimum absolute atomic E-state index is 0.171. The van der Waals surface area contributed by atoms with Gasteiger partial charge in [0.25, 0.3) is 17.7 Å². The Morgan fingerprint density at radius 1 is 1.00 bits per heavy atom. The first-order chi connectivity index (χ1) is 12.4. The first kappa shape index (κ1) is 19.5. The maximum Gasteiger partial charge on any atom is 0.279 e. The zero-order valence-corrected chi connectivity index (χ0v) is 15.6. The van der Waals surface area contributed by atoms with E-state index in [0.717, 1.165) is 0 Å². The highest BCUT2D eigenvalue weighted by molar-refractivity contribution is 7.12. The maximum atomic E-state index is 12.4. The number of thiophene rings is 1. The third kappa shape index (κ3) is 5.06. The van der Waals surface area contributed by atoms with Crippen molar-refractivity contribution in [1.82, 2.24) is 16.2 Å². The summed E-state index contributed by atoms with van der Waals surface area (Å²) in [7, 11) is 1.54. The van der Waals surface area contributed by atoms with Crippen LogP contribution in [-0.2, 0) is 4.79 Å². The number of hydrogen-bond acceptors (Lipinski definition) is 5. The zero-order chi connectivity index (χ0) is 19.1. The summed E-state index contributed by atoms with van der Waals surface area (Å²) in [4.78, 5) is 37.1. The molecule has 0 aliphatic heterocycles. The van der Waals surface area contributed by atoms with Crippen LogP contribution in [0.4, 0.5) is 0 Å². The van der Waals surface area contributed by atoms with Crippen LogP contribution in [0.3, 0.4) is 0 Å². The molecule has 0 saturated carbocycles. The smallest absolute Gasteiger partial charge is 0.279 e. The second-order valence-electron chi connectivity index (χ2n) is 5.84. The molecule has 1 atom stereocenters. The molecule has 0 aliphatic carbocycles. The van der Waals surface area contributed by atoms with Crippen LogP contribution in [0.25, 0.3) is 0 Å². The highest BCUT2D eigenvalue weighted by Crippen LogP contribution is 2.12. The van der Waals surface area contributed by atoms with Crippen molar-refractivity contribution in [1.29, 1.82) is 0 Å². The fourth-order valence-corrected chi connectivity index (χ4v) is 2.79. The number of ether oxygens (including phenoxy) is 1. The number of rotatable bonds is 6. The second-order valence-corrected chi connectivity index (χ2v) is 6.79. The Hall–Kier alpha value is -2.87. The predicted molar refractivity (Wildman–Crippen MR) is 99.0 cm³/mol. The number of carbonyl (C=O) groups is 3. The summed E-state index contributed by atoms with van der Waals surface area (Å²) >= 11 is 1.26. The molecule has 3 N–H and O–H groups in total. The molecule has 0 aliphatic rings. The van der Waals surface area contributed by atoms with E-state index >= 15 is 0 Å². The molecule has 0 radical (unpaired) electrons. The lowest BCUT2D eigenvalue weighted by molar-refractivity contribution is -0.124. The molecule has 8 heteroatoms. The average Bonchev–Trinajstić information content (AvgIpc) is 3.18. The molecule has 0 saturated heterocycles. The van der Waals surface area contributed by atoms with Crippen LogP contribution in [0, 0.1) is 5.92 Å². The third-order valence-corrected chi connectivity index (χ3v) is 4.50. The van der Waals surface area contributed by atoms with E-state index in [2.05, 4.69) is 16.2 Å². The summed E-state index contributed by atoms with van der Waals surface area (Å²) in [5.41, 5.74) is 5.12. The maximum absolute atomic E-state index is 12.4. The van der Waals surface area contributed by atoms with Crippen LogP contribution in [0.5, 0.6) is 5.75 Å². The van der Waals surface area contributed by atoms with E-state index in [1.807, 2.05) is 0 Å². The number of hydrazine groups is 1. The minimum Gasteiger partial charge on any atom is -0.497 e. The van der Waals surface area contributed by atoms with E-state index < -0.39 is 17.9 Å². The molecule has 1 aromatic carbocycles. The molecule has 26 heavy (non-hydrogen) atoms. The number of benzene rings is 1. The number of nitrogens with one attached hydrogen (secondary N) is 3. The minimum atomic E-state index is -0.798. The molecule has 1 heterocycles. The molecular weight excluding hydrogens is 354 g/mol. The number of hydrogen-bond donors (Lipinski definition) is 3. The van der Waals surface area contributed by atoms with Crippen LogP contribution in [0.2, 0.25) is 0 Å². The molecule has 2 aromatic rings. The van der Waals surface area contributed by atoms with Gasteiger partial charge in [-0.25, -0.2) is 0 Å². The van der Waals surface area contributed by atoms with Gasteiger partial charge in [-0.1, -0.05) is 19.9 Å². The van der Waals surface area contributed by atoms with Gasteiger partial charge in [0, 0.05) is 5.56 Å². The Kier molecular flexibility index (Phi) is 6.74. The lowest BCUT2D eigenvalue weighted by Crippen LogP contribution is -2.54. The van der Waals surface area contributed by atoms with Gasteiger partial charge in [-0.15, -0.1) is 11.3 Å². The Bertz CT molecular complexity index is 757. The van der Waals surface area contributed by atoms with Crippen molar-refractivity contribution in [2.24, 2.45) is 5.92 Å². The molecular formula is C18H21N3O4S. The largest absolute Gasteiger partial charge is 0.497 e. The molecule has 138 valence electrons. The van der Waals surface area contributed by atoms with Crippen LogP contribution in [-0.4, -0.2) is 30.9 Å². The number of methoxy groups -OCH3 is 1. The summed E-state index contributed by atoms with van der Waals surface area (Å²) < 4.78 is 5.06. The zero-order valence-electron chi connectivity index (χ0n) is 14.7. The molecule has 1 aromatic heterocycles. The van der Waals surface area contributed by atoms with E-state index in [9.17, 15) is 14.4 Å². The van der Waals surface area contributed by atoms with Crippen molar-refractivity contribution < 1.29 is 19.1 Å². The molecule has 2 rings (SSSR count). The fraction of sp³-hybridized carbons (Fsp3) is 0.278. The fourth-order valence-electron chi connectivity index (χ4n) is 2.17. The quantitative estimate of drug-likeness (QED) is 0.673. The van der Waals surface area contributed by atoms with Crippen LogP contribution < -0.4 is 20.9 Å². The predicted octanol–water partition coefficient (Wildman–Crippen LogP) is 1.97.